The highest BCUT2D eigenvalue weighted by molar-refractivity contribution is 5.89. The first-order valence-corrected chi connectivity index (χ1v) is 3.96. The zero-order valence-electron chi connectivity index (χ0n) is 8.00. The lowest BCUT2D eigenvalue weighted by Gasteiger charge is -2.12. The molecule has 16 heavy (non-hydrogen) atoms. The number of ether oxygens (including phenoxy) is 1. The molecule has 1 heterocycles. The number of nitrogens with zero attached hydrogens (tertiary/aromatic N) is 1. The summed E-state index contributed by atoms with van der Waals surface area (Å²) in [4.78, 5) is 13.9. The largest absolute Gasteiger partial charge is 0.573 e. The molecule has 0 saturated carbocycles. The Morgan fingerprint density at radius 2 is 2.12 bits per heavy atom. The lowest BCUT2D eigenvalue weighted by Crippen LogP contribution is -2.19. The Labute approximate surface area is 87.7 Å². The van der Waals surface area contributed by atoms with Crippen LogP contribution in [-0.4, -0.2) is 22.4 Å². The summed E-state index contributed by atoms with van der Waals surface area (Å²) in [6.45, 7) is 1.25. The van der Waals surface area contributed by atoms with E-state index in [-0.39, 0.29) is 5.56 Å². The number of aromatic nitrogens is 1. The molecule has 0 bridgehead atoms. The highest BCUT2D eigenvalue weighted by atomic mass is 19.4. The molecule has 8 heteroatoms. The molecular formula is C8H7F3N2O3. The van der Waals surface area contributed by atoms with E-state index in [4.69, 9.17) is 10.8 Å². The minimum atomic E-state index is -4.90. The molecular weight excluding hydrogens is 229 g/mol. The van der Waals surface area contributed by atoms with Gasteiger partial charge in [-0.2, -0.15) is 0 Å². The zero-order valence-corrected chi connectivity index (χ0v) is 8.00. The number of rotatable bonds is 2. The number of carbonyl (C=O) groups is 1. The molecule has 1 rings (SSSR count). The number of aromatic carboxylic acids is 1. The van der Waals surface area contributed by atoms with Gasteiger partial charge in [0.25, 0.3) is 0 Å². The van der Waals surface area contributed by atoms with Crippen molar-refractivity contribution in [2.45, 2.75) is 13.3 Å². The van der Waals surface area contributed by atoms with Crippen molar-refractivity contribution in [2.24, 2.45) is 0 Å². The molecule has 1 aromatic rings. The van der Waals surface area contributed by atoms with Crippen molar-refractivity contribution in [1.29, 1.82) is 0 Å². The predicted octanol–water partition coefficient (Wildman–Crippen LogP) is 1.57. The minimum Gasteiger partial charge on any atom is -0.477 e. The van der Waals surface area contributed by atoms with Gasteiger partial charge in [0.05, 0.1) is 11.9 Å². The van der Waals surface area contributed by atoms with Crippen molar-refractivity contribution in [2.75, 3.05) is 5.73 Å². The van der Waals surface area contributed by atoms with Crippen LogP contribution >= 0.6 is 0 Å². The van der Waals surface area contributed by atoms with Crippen LogP contribution in [0.25, 0.3) is 0 Å². The molecule has 1 aromatic heterocycles. The Bertz CT molecular complexity index is 431. The van der Waals surface area contributed by atoms with Gasteiger partial charge in [-0.05, 0) is 6.92 Å². The van der Waals surface area contributed by atoms with E-state index in [0.29, 0.717) is 6.20 Å². The quantitative estimate of drug-likeness (QED) is 0.813. The Hall–Kier alpha value is -1.99. The molecule has 0 aliphatic heterocycles. The van der Waals surface area contributed by atoms with Crippen molar-refractivity contribution < 1.29 is 27.8 Å². The summed E-state index contributed by atoms with van der Waals surface area (Å²) in [5.74, 6) is -2.09. The Morgan fingerprint density at radius 1 is 1.56 bits per heavy atom. The van der Waals surface area contributed by atoms with Gasteiger partial charge < -0.3 is 15.6 Å². The summed E-state index contributed by atoms with van der Waals surface area (Å²) in [5.41, 5.74) is 4.42. The van der Waals surface area contributed by atoms with Crippen molar-refractivity contribution >= 4 is 11.7 Å². The summed E-state index contributed by atoms with van der Waals surface area (Å²) in [7, 11) is 0. The van der Waals surface area contributed by atoms with E-state index < -0.39 is 29.5 Å². The summed E-state index contributed by atoms with van der Waals surface area (Å²) in [6.07, 6.45) is -4.27. The van der Waals surface area contributed by atoms with Crippen molar-refractivity contribution in [3.63, 3.8) is 0 Å². The maximum atomic E-state index is 11.9. The molecule has 0 aliphatic rings. The molecule has 0 aliphatic carbocycles. The standard InChI is InChI=1S/C8H7F3N2O3/c1-3-5(12)4(16-8(9,10)11)2-13-6(3)7(14)15/h2H,1H3,(H2,12,13)(H,14,15). The monoisotopic (exact) mass is 236 g/mol. The molecule has 0 saturated heterocycles. The second kappa shape index (κ2) is 3.87. The molecule has 0 aromatic carbocycles. The van der Waals surface area contributed by atoms with Crippen LogP contribution in [0.1, 0.15) is 16.1 Å². The molecule has 0 radical (unpaired) electrons. The van der Waals surface area contributed by atoms with Crippen molar-refractivity contribution in [3.8, 4) is 5.75 Å². The highest BCUT2D eigenvalue weighted by Crippen LogP contribution is 2.30. The van der Waals surface area contributed by atoms with Gasteiger partial charge in [-0.3, -0.25) is 0 Å². The predicted molar refractivity (Wildman–Crippen MR) is 47.0 cm³/mol. The number of alkyl halides is 3. The number of anilines is 1. The van der Waals surface area contributed by atoms with Crippen LogP contribution in [-0.2, 0) is 0 Å². The van der Waals surface area contributed by atoms with E-state index in [2.05, 4.69) is 9.72 Å². The second-order valence-corrected chi connectivity index (χ2v) is 2.86. The van der Waals surface area contributed by atoms with Crippen LogP contribution < -0.4 is 10.5 Å². The molecule has 88 valence electrons. The third-order valence-electron chi connectivity index (χ3n) is 1.76. The normalized spacial score (nSPS) is 11.2. The molecule has 0 amide bonds. The number of nitrogens with two attached hydrogens (primary N) is 1. The molecule has 0 fully saturated rings. The van der Waals surface area contributed by atoms with E-state index in [0.717, 1.165) is 0 Å². The Balaban J connectivity index is 3.17. The number of halogens is 3. The Morgan fingerprint density at radius 3 is 2.56 bits per heavy atom. The summed E-state index contributed by atoms with van der Waals surface area (Å²) in [5, 5.41) is 8.63. The maximum Gasteiger partial charge on any atom is 0.573 e. The van der Waals surface area contributed by atoms with Crippen LogP contribution in [0.4, 0.5) is 18.9 Å². The zero-order chi connectivity index (χ0) is 12.5. The van der Waals surface area contributed by atoms with E-state index >= 15 is 0 Å². The van der Waals surface area contributed by atoms with Gasteiger partial charge in [0.1, 0.15) is 0 Å². The van der Waals surface area contributed by atoms with Crippen LogP contribution in [0, 0.1) is 6.92 Å². The average molecular weight is 236 g/mol. The summed E-state index contributed by atoms with van der Waals surface area (Å²) >= 11 is 0. The van der Waals surface area contributed by atoms with Gasteiger partial charge in [0.15, 0.2) is 11.4 Å². The van der Waals surface area contributed by atoms with E-state index in [9.17, 15) is 18.0 Å². The van der Waals surface area contributed by atoms with E-state index in [1.54, 1.807) is 0 Å². The third kappa shape index (κ3) is 2.53. The average Bonchev–Trinajstić information content (AvgIpc) is 2.10. The van der Waals surface area contributed by atoms with Gasteiger partial charge in [-0.25, -0.2) is 9.78 Å². The molecule has 0 atom stereocenters. The molecule has 3 N–H and O–H groups in total. The van der Waals surface area contributed by atoms with Gasteiger partial charge in [0.2, 0.25) is 0 Å². The number of nitrogen functional groups attached to an aromatic ring is 1. The smallest absolute Gasteiger partial charge is 0.477 e. The second-order valence-electron chi connectivity index (χ2n) is 2.86. The summed E-state index contributed by atoms with van der Waals surface area (Å²) < 4.78 is 39.2. The van der Waals surface area contributed by atoms with Gasteiger partial charge in [0, 0.05) is 5.56 Å². The fraction of sp³-hybridized carbons (Fsp3) is 0.250. The number of carboxylic acid groups (broad SMARTS) is 1. The van der Waals surface area contributed by atoms with Crippen LogP contribution in [0.2, 0.25) is 0 Å². The van der Waals surface area contributed by atoms with Crippen molar-refractivity contribution in [3.05, 3.63) is 17.5 Å². The number of carboxylic acids is 1. The minimum absolute atomic E-state index is 0.0748. The fourth-order valence-corrected chi connectivity index (χ4v) is 1.02. The van der Waals surface area contributed by atoms with Crippen LogP contribution in [0.3, 0.4) is 0 Å². The number of hydrogen-bond donors (Lipinski definition) is 2. The fourth-order valence-electron chi connectivity index (χ4n) is 1.02. The first kappa shape index (κ1) is 12.1. The lowest BCUT2D eigenvalue weighted by atomic mass is 10.2. The maximum absolute atomic E-state index is 11.9. The van der Waals surface area contributed by atoms with Gasteiger partial charge >= 0.3 is 12.3 Å². The highest BCUT2D eigenvalue weighted by Gasteiger charge is 2.32. The topological polar surface area (TPSA) is 85.4 Å². The van der Waals surface area contributed by atoms with Crippen molar-refractivity contribution in [1.82, 2.24) is 4.98 Å². The van der Waals surface area contributed by atoms with E-state index in [1.165, 1.54) is 6.92 Å². The van der Waals surface area contributed by atoms with Crippen LogP contribution in [0.5, 0.6) is 5.75 Å². The molecule has 0 spiro atoms. The van der Waals surface area contributed by atoms with Gasteiger partial charge in [-0.1, -0.05) is 0 Å². The van der Waals surface area contributed by atoms with Crippen LogP contribution in [0.15, 0.2) is 6.20 Å². The number of hydrogen-bond acceptors (Lipinski definition) is 4. The Kier molecular flexibility index (Phi) is 2.92. The first-order chi connectivity index (χ1) is 7.22. The summed E-state index contributed by atoms with van der Waals surface area (Å²) in [6, 6.07) is 0. The lowest BCUT2D eigenvalue weighted by molar-refractivity contribution is -0.274. The SMILES string of the molecule is Cc1c(C(=O)O)ncc(OC(F)(F)F)c1N. The molecule has 5 nitrogen and oxygen atoms in total. The van der Waals surface area contributed by atoms with E-state index in [1.807, 2.05) is 0 Å². The van der Waals surface area contributed by atoms with Gasteiger partial charge in [-0.15, -0.1) is 13.2 Å². The first-order valence-electron chi connectivity index (χ1n) is 3.96. The molecule has 0 unspecified atom stereocenters. The number of pyridine rings is 1. The third-order valence-corrected chi connectivity index (χ3v) is 1.76.